The molecule has 0 unspecified atom stereocenters. The van der Waals surface area contributed by atoms with Crippen molar-refractivity contribution >= 4 is 62.5 Å². The van der Waals surface area contributed by atoms with Gasteiger partial charge >= 0.3 is 0 Å². The highest BCUT2D eigenvalue weighted by molar-refractivity contribution is 9.10. The Hall–Kier alpha value is -1.47. The molecule has 2 aromatic rings. The summed E-state index contributed by atoms with van der Waals surface area (Å²) in [6, 6.07) is 9.30. The summed E-state index contributed by atoms with van der Waals surface area (Å²) >= 11 is 21.6. The van der Waals surface area contributed by atoms with E-state index >= 15 is 0 Å². The molecule has 0 radical (unpaired) electrons. The van der Waals surface area contributed by atoms with Crippen LogP contribution in [-0.4, -0.2) is 35.4 Å². The Morgan fingerprint density at radius 2 is 1.74 bits per heavy atom. The first kappa shape index (κ1) is 25.8. The van der Waals surface area contributed by atoms with E-state index in [2.05, 4.69) is 21.2 Å². The molecule has 0 aliphatic carbocycles. The van der Waals surface area contributed by atoms with E-state index in [-0.39, 0.29) is 31.0 Å². The normalized spacial score (nSPS) is 12.7. The summed E-state index contributed by atoms with van der Waals surface area (Å²) in [5.74, 6) is -0.140. The Morgan fingerprint density at radius 1 is 1.10 bits per heavy atom. The van der Waals surface area contributed by atoms with Crippen LogP contribution in [0.15, 0.2) is 40.9 Å². The molecule has 0 aromatic heterocycles. The highest BCUT2D eigenvalue weighted by Crippen LogP contribution is 2.28. The highest BCUT2D eigenvalue weighted by Gasteiger charge is 2.28. The van der Waals surface area contributed by atoms with Crippen LogP contribution in [0.3, 0.4) is 0 Å². The lowest BCUT2D eigenvalue weighted by Crippen LogP contribution is -2.50. The molecule has 5 nitrogen and oxygen atoms in total. The van der Waals surface area contributed by atoms with E-state index in [1.54, 1.807) is 43.3 Å². The molecular weight excluding hydrogens is 527 g/mol. The number of ether oxygens (including phenoxy) is 1. The van der Waals surface area contributed by atoms with Crippen molar-refractivity contribution in [3.63, 3.8) is 0 Å². The molecule has 31 heavy (non-hydrogen) atoms. The monoisotopic (exact) mass is 548 g/mol. The number of hydrogen-bond acceptors (Lipinski definition) is 3. The first-order chi connectivity index (χ1) is 14.6. The second-order valence-corrected chi connectivity index (χ2v) is 9.25. The zero-order chi connectivity index (χ0) is 23.1. The van der Waals surface area contributed by atoms with Gasteiger partial charge in [-0.05, 0) is 72.1 Å². The number of carbonyl (C=O) groups is 2. The topological polar surface area (TPSA) is 58.6 Å². The number of nitrogens with zero attached hydrogens (tertiary/aromatic N) is 1. The minimum absolute atomic E-state index is 0.00713. The first-order valence-electron chi connectivity index (χ1n) is 9.74. The van der Waals surface area contributed by atoms with Gasteiger partial charge in [0.25, 0.3) is 5.91 Å². The van der Waals surface area contributed by atoms with Gasteiger partial charge in [0.2, 0.25) is 5.91 Å². The van der Waals surface area contributed by atoms with E-state index in [4.69, 9.17) is 39.5 Å². The van der Waals surface area contributed by atoms with Crippen molar-refractivity contribution in [2.24, 2.45) is 0 Å². The van der Waals surface area contributed by atoms with Crippen molar-refractivity contribution in [2.45, 2.75) is 45.8 Å². The van der Waals surface area contributed by atoms with Crippen molar-refractivity contribution in [3.8, 4) is 5.75 Å². The SMILES string of the molecule is CC[C@H](C)NC(=O)[C@@H](C)N(Cc1ccc(Cl)cc1Cl)C(=O)COc1ccc(Cl)cc1Br. The van der Waals surface area contributed by atoms with Crippen molar-refractivity contribution in [1.82, 2.24) is 10.2 Å². The predicted octanol–water partition coefficient (Wildman–Crippen LogP) is 6.12. The predicted molar refractivity (Wildman–Crippen MR) is 129 cm³/mol. The van der Waals surface area contributed by atoms with E-state index in [1.165, 1.54) is 4.90 Å². The van der Waals surface area contributed by atoms with Gasteiger partial charge in [-0.2, -0.15) is 0 Å². The van der Waals surface area contributed by atoms with Gasteiger partial charge in [0.15, 0.2) is 6.61 Å². The van der Waals surface area contributed by atoms with Gasteiger partial charge in [-0.3, -0.25) is 9.59 Å². The Morgan fingerprint density at radius 3 is 2.35 bits per heavy atom. The minimum Gasteiger partial charge on any atom is -0.483 e. The fraction of sp³-hybridized carbons (Fsp3) is 0.364. The van der Waals surface area contributed by atoms with E-state index in [9.17, 15) is 9.59 Å². The molecule has 2 atom stereocenters. The molecule has 2 aromatic carbocycles. The number of halogens is 4. The maximum atomic E-state index is 13.1. The van der Waals surface area contributed by atoms with Crippen molar-refractivity contribution in [3.05, 3.63) is 61.5 Å². The van der Waals surface area contributed by atoms with Crippen molar-refractivity contribution < 1.29 is 14.3 Å². The van der Waals surface area contributed by atoms with Crippen LogP contribution < -0.4 is 10.1 Å². The lowest BCUT2D eigenvalue weighted by atomic mass is 10.1. The molecular formula is C22H24BrCl3N2O3. The summed E-state index contributed by atoms with van der Waals surface area (Å²) in [5, 5.41) is 4.36. The molecule has 2 amide bonds. The van der Waals surface area contributed by atoms with E-state index in [0.29, 0.717) is 30.9 Å². The highest BCUT2D eigenvalue weighted by atomic mass is 79.9. The van der Waals surface area contributed by atoms with Crippen LogP contribution in [0.1, 0.15) is 32.8 Å². The Balaban J connectivity index is 2.22. The Kier molecular flexibility index (Phi) is 9.94. The summed E-state index contributed by atoms with van der Waals surface area (Å²) in [4.78, 5) is 27.3. The largest absolute Gasteiger partial charge is 0.483 e. The standard InChI is InChI=1S/C22H24BrCl3N2O3/c1-4-13(2)27-22(30)14(3)28(11-15-5-6-17(25)10-19(15)26)21(29)12-31-20-8-7-16(24)9-18(20)23/h5-10,13-14H,4,11-12H2,1-3H3,(H,27,30)/t13-,14+/m0/s1. The molecule has 0 heterocycles. The molecule has 2 rings (SSSR count). The summed E-state index contributed by atoms with van der Waals surface area (Å²) < 4.78 is 6.30. The van der Waals surface area contributed by atoms with Crippen molar-refractivity contribution in [1.29, 1.82) is 0 Å². The number of amides is 2. The van der Waals surface area contributed by atoms with Gasteiger partial charge in [0.1, 0.15) is 11.8 Å². The third-order valence-electron chi connectivity index (χ3n) is 4.77. The number of carbonyl (C=O) groups excluding carboxylic acids is 2. The summed E-state index contributed by atoms with van der Waals surface area (Å²) in [7, 11) is 0. The second-order valence-electron chi connectivity index (χ2n) is 7.11. The first-order valence-corrected chi connectivity index (χ1v) is 11.7. The molecule has 0 saturated heterocycles. The molecule has 0 saturated carbocycles. The molecule has 1 N–H and O–H groups in total. The summed E-state index contributed by atoms with van der Waals surface area (Å²) in [6.45, 7) is 5.44. The summed E-state index contributed by atoms with van der Waals surface area (Å²) in [5.41, 5.74) is 0.676. The van der Waals surface area contributed by atoms with Gasteiger partial charge < -0.3 is 15.0 Å². The van der Waals surface area contributed by atoms with Crippen LogP contribution in [-0.2, 0) is 16.1 Å². The van der Waals surface area contributed by atoms with Crippen LogP contribution in [0, 0.1) is 0 Å². The van der Waals surface area contributed by atoms with Crippen molar-refractivity contribution in [2.75, 3.05) is 6.61 Å². The van der Waals surface area contributed by atoms with Gasteiger partial charge in [-0.1, -0.05) is 47.8 Å². The maximum Gasteiger partial charge on any atom is 0.261 e. The Labute approximate surface area is 206 Å². The molecule has 9 heteroatoms. The van der Waals surface area contributed by atoms with Gasteiger partial charge in [0, 0.05) is 27.7 Å². The molecule has 0 aliphatic rings. The lowest BCUT2D eigenvalue weighted by Gasteiger charge is -2.30. The quantitative estimate of drug-likeness (QED) is 0.409. The minimum atomic E-state index is -0.731. The van der Waals surface area contributed by atoms with Crippen LogP contribution in [0.5, 0.6) is 5.75 Å². The number of rotatable bonds is 9. The number of benzene rings is 2. The number of hydrogen-bond donors (Lipinski definition) is 1. The summed E-state index contributed by atoms with van der Waals surface area (Å²) in [6.07, 6.45) is 0.781. The maximum absolute atomic E-state index is 13.1. The van der Waals surface area contributed by atoms with Crippen LogP contribution in [0.4, 0.5) is 0 Å². The fourth-order valence-corrected chi connectivity index (χ4v) is 3.96. The second kappa shape index (κ2) is 12.0. The van der Waals surface area contributed by atoms with Crippen LogP contribution >= 0.6 is 50.7 Å². The molecule has 0 bridgehead atoms. The van der Waals surface area contributed by atoms with Gasteiger partial charge in [-0.15, -0.1) is 0 Å². The van der Waals surface area contributed by atoms with Crippen LogP contribution in [0.25, 0.3) is 0 Å². The zero-order valence-corrected chi connectivity index (χ0v) is 21.3. The average Bonchev–Trinajstić information content (AvgIpc) is 2.71. The van der Waals surface area contributed by atoms with E-state index in [1.807, 2.05) is 13.8 Å². The van der Waals surface area contributed by atoms with Crippen LogP contribution in [0.2, 0.25) is 15.1 Å². The Bertz CT molecular complexity index is 942. The zero-order valence-electron chi connectivity index (χ0n) is 17.4. The molecule has 0 spiro atoms. The molecule has 168 valence electrons. The lowest BCUT2D eigenvalue weighted by molar-refractivity contribution is -0.142. The molecule has 0 fully saturated rings. The average molecular weight is 551 g/mol. The van der Waals surface area contributed by atoms with E-state index < -0.39 is 6.04 Å². The molecule has 0 aliphatic heterocycles. The third-order valence-corrected chi connectivity index (χ3v) is 6.21. The smallest absolute Gasteiger partial charge is 0.261 e. The number of nitrogens with one attached hydrogen (secondary N) is 1. The fourth-order valence-electron chi connectivity index (χ4n) is 2.70. The van der Waals surface area contributed by atoms with Gasteiger partial charge in [0.05, 0.1) is 4.47 Å². The van der Waals surface area contributed by atoms with Gasteiger partial charge in [-0.25, -0.2) is 0 Å². The van der Waals surface area contributed by atoms with E-state index in [0.717, 1.165) is 6.42 Å². The third kappa shape index (κ3) is 7.56.